The van der Waals surface area contributed by atoms with Gasteiger partial charge in [0.15, 0.2) is 0 Å². The Morgan fingerprint density at radius 2 is 2.10 bits per heavy atom. The van der Waals surface area contributed by atoms with E-state index in [1.807, 2.05) is 0 Å². The first kappa shape index (κ1) is 14.5. The summed E-state index contributed by atoms with van der Waals surface area (Å²) < 4.78 is 0. The molecule has 2 aromatic rings. The van der Waals surface area contributed by atoms with Crippen LogP contribution >= 0.6 is 22.9 Å². The molecule has 7 heteroatoms. The highest BCUT2D eigenvalue weighted by Crippen LogP contribution is 2.32. The lowest BCUT2D eigenvalue weighted by Crippen LogP contribution is -2.14. The van der Waals surface area contributed by atoms with Gasteiger partial charge in [-0.1, -0.05) is 11.6 Å². The largest absolute Gasteiger partial charge is 0.478 e. The number of pyridine rings is 1. The van der Waals surface area contributed by atoms with Crippen molar-refractivity contribution in [1.82, 2.24) is 4.98 Å². The van der Waals surface area contributed by atoms with Gasteiger partial charge in [-0.15, -0.1) is 11.3 Å². The number of nitrogens with zero attached hydrogens (tertiary/aromatic N) is 1. The first-order chi connectivity index (χ1) is 9.40. The average Bonchev–Trinajstić information content (AvgIpc) is 2.64. The monoisotopic (exact) mass is 310 g/mol. The smallest absolute Gasteiger partial charge is 0.338 e. The van der Waals surface area contributed by atoms with Gasteiger partial charge >= 0.3 is 5.97 Å². The molecule has 0 spiro atoms. The number of carboxylic acids is 1. The molecule has 2 N–H and O–H groups in total. The van der Waals surface area contributed by atoms with E-state index >= 15 is 0 Å². The number of thiophene rings is 1. The van der Waals surface area contributed by atoms with Gasteiger partial charge < -0.3 is 10.4 Å². The lowest BCUT2D eigenvalue weighted by molar-refractivity contribution is 0.0697. The predicted octanol–water partition coefficient (Wildman–Crippen LogP) is 3.36. The number of anilines is 1. The molecule has 0 unspecified atom stereocenters. The summed E-state index contributed by atoms with van der Waals surface area (Å²) in [6.07, 6.45) is 1.42. The van der Waals surface area contributed by atoms with E-state index in [4.69, 9.17) is 11.6 Å². The molecule has 2 aromatic heterocycles. The van der Waals surface area contributed by atoms with Crippen LogP contribution in [0.3, 0.4) is 0 Å². The summed E-state index contributed by atoms with van der Waals surface area (Å²) in [6.45, 7) is 3.52. The molecule has 0 aliphatic heterocycles. The number of carboxylic acid groups (broad SMARTS) is 1. The topological polar surface area (TPSA) is 79.3 Å². The normalized spacial score (nSPS) is 10.3. The quantitative estimate of drug-likeness (QED) is 0.911. The van der Waals surface area contributed by atoms with Crippen LogP contribution in [0.1, 0.15) is 31.3 Å². The maximum Gasteiger partial charge on any atom is 0.338 e. The molecule has 20 heavy (non-hydrogen) atoms. The van der Waals surface area contributed by atoms with Crippen molar-refractivity contribution in [3.63, 3.8) is 0 Å². The molecule has 0 atom stereocenters. The fourth-order valence-electron chi connectivity index (χ4n) is 1.67. The fraction of sp³-hybridized carbons (Fsp3) is 0.154. The minimum Gasteiger partial charge on any atom is -0.478 e. The summed E-state index contributed by atoms with van der Waals surface area (Å²) in [7, 11) is 0. The predicted molar refractivity (Wildman–Crippen MR) is 78.0 cm³/mol. The zero-order chi connectivity index (χ0) is 14.9. The number of aromatic carboxylic acids is 1. The van der Waals surface area contributed by atoms with Crippen molar-refractivity contribution in [2.45, 2.75) is 13.8 Å². The maximum absolute atomic E-state index is 12.0. The van der Waals surface area contributed by atoms with Gasteiger partial charge in [-0.05, 0) is 31.5 Å². The Balaban J connectivity index is 2.33. The first-order valence-electron chi connectivity index (χ1n) is 5.66. The lowest BCUT2D eigenvalue weighted by atomic mass is 10.1. The number of hydrogen-bond donors (Lipinski definition) is 2. The second kappa shape index (κ2) is 5.60. The van der Waals surface area contributed by atoms with Crippen molar-refractivity contribution in [3.8, 4) is 0 Å². The number of aryl methyl sites for hydroxylation is 1. The van der Waals surface area contributed by atoms with Crippen molar-refractivity contribution in [2.75, 3.05) is 5.32 Å². The fourth-order valence-corrected chi connectivity index (χ4v) is 2.88. The van der Waals surface area contributed by atoms with Gasteiger partial charge in [-0.25, -0.2) is 4.79 Å². The van der Waals surface area contributed by atoms with Crippen molar-refractivity contribution in [1.29, 1.82) is 0 Å². The number of hydrogen-bond acceptors (Lipinski definition) is 4. The van der Waals surface area contributed by atoms with E-state index in [1.165, 1.54) is 23.6 Å². The minimum atomic E-state index is -1.07. The Labute approximate surface area is 124 Å². The van der Waals surface area contributed by atoms with Crippen molar-refractivity contribution in [2.24, 2.45) is 0 Å². The van der Waals surface area contributed by atoms with Gasteiger partial charge in [0.1, 0.15) is 10.7 Å². The molecule has 104 valence electrons. The van der Waals surface area contributed by atoms with Crippen LogP contribution in [-0.2, 0) is 0 Å². The molecule has 1 amide bonds. The molecule has 0 saturated heterocycles. The zero-order valence-electron chi connectivity index (χ0n) is 10.7. The third-order valence-corrected chi connectivity index (χ3v) is 4.14. The number of amides is 1. The van der Waals surface area contributed by atoms with E-state index in [9.17, 15) is 14.7 Å². The zero-order valence-corrected chi connectivity index (χ0v) is 12.3. The summed E-state index contributed by atoms with van der Waals surface area (Å²) >= 11 is 7.01. The van der Waals surface area contributed by atoms with Crippen molar-refractivity contribution >= 4 is 39.8 Å². The van der Waals surface area contributed by atoms with Gasteiger partial charge in [0.05, 0.1) is 5.56 Å². The van der Waals surface area contributed by atoms with E-state index in [0.29, 0.717) is 15.6 Å². The van der Waals surface area contributed by atoms with E-state index in [-0.39, 0.29) is 11.3 Å². The number of halogens is 1. The third-order valence-electron chi connectivity index (χ3n) is 2.78. The molecule has 0 saturated carbocycles. The molecule has 0 aliphatic rings. The second-order valence-corrected chi connectivity index (χ2v) is 5.77. The second-order valence-electron chi connectivity index (χ2n) is 4.11. The number of nitrogens with one attached hydrogen (secondary N) is 1. The molecule has 0 bridgehead atoms. The Bertz CT molecular complexity index is 697. The van der Waals surface area contributed by atoms with E-state index in [2.05, 4.69) is 10.3 Å². The first-order valence-corrected chi connectivity index (χ1v) is 6.85. The molecular weight excluding hydrogens is 300 g/mol. The number of rotatable bonds is 3. The summed E-state index contributed by atoms with van der Waals surface area (Å²) in [6, 6.07) is 2.98. The average molecular weight is 311 g/mol. The van der Waals surface area contributed by atoms with Crippen LogP contribution < -0.4 is 5.32 Å². The van der Waals surface area contributed by atoms with Crippen LogP contribution in [0, 0.1) is 13.8 Å². The standard InChI is InChI=1S/C13H11ClN2O3S/c1-6-7(2)20-12(10(6)13(18)19)16-11(17)9-5-8(14)3-4-15-9/h3-5H,1-2H3,(H,16,17)(H,18,19). The molecular formula is C13H11ClN2O3S. The van der Waals surface area contributed by atoms with Crippen LogP contribution in [0.15, 0.2) is 18.3 Å². The Hall–Kier alpha value is -1.92. The van der Waals surface area contributed by atoms with Crippen LogP contribution in [0.25, 0.3) is 0 Å². The maximum atomic E-state index is 12.0. The highest BCUT2D eigenvalue weighted by Gasteiger charge is 2.21. The minimum absolute atomic E-state index is 0.114. The third kappa shape index (κ3) is 2.81. The van der Waals surface area contributed by atoms with Crippen molar-refractivity contribution < 1.29 is 14.7 Å². The van der Waals surface area contributed by atoms with Crippen molar-refractivity contribution in [3.05, 3.63) is 45.1 Å². The Kier molecular flexibility index (Phi) is 4.06. The van der Waals surface area contributed by atoms with Gasteiger partial charge in [0, 0.05) is 16.1 Å². The van der Waals surface area contributed by atoms with Crippen LogP contribution in [0.5, 0.6) is 0 Å². The number of carbonyl (C=O) groups excluding carboxylic acids is 1. The number of aromatic nitrogens is 1. The summed E-state index contributed by atoms with van der Waals surface area (Å²) in [5.74, 6) is -1.56. The Morgan fingerprint density at radius 3 is 2.70 bits per heavy atom. The highest BCUT2D eigenvalue weighted by molar-refractivity contribution is 7.16. The summed E-state index contributed by atoms with van der Waals surface area (Å²) in [4.78, 5) is 28.0. The van der Waals surface area contributed by atoms with Gasteiger partial charge in [-0.2, -0.15) is 0 Å². The van der Waals surface area contributed by atoms with E-state index in [1.54, 1.807) is 19.9 Å². The van der Waals surface area contributed by atoms with Crippen LogP contribution in [-0.4, -0.2) is 22.0 Å². The summed E-state index contributed by atoms with van der Waals surface area (Å²) in [5.41, 5.74) is 0.900. The molecule has 0 radical (unpaired) electrons. The molecule has 0 fully saturated rings. The lowest BCUT2D eigenvalue weighted by Gasteiger charge is -2.04. The van der Waals surface area contributed by atoms with Gasteiger partial charge in [0.2, 0.25) is 0 Å². The van der Waals surface area contributed by atoms with Crippen LogP contribution in [0.2, 0.25) is 5.02 Å². The van der Waals surface area contributed by atoms with E-state index < -0.39 is 11.9 Å². The molecule has 2 rings (SSSR count). The molecule has 2 heterocycles. The van der Waals surface area contributed by atoms with Gasteiger partial charge in [0.25, 0.3) is 5.91 Å². The van der Waals surface area contributed by atoms with Gasteiger partial charge in [-0.3, -0.25) is 9.78 Å². The molecule has 0 aromatic carbocycles. The molecule has 5 nitrogen and oxygen atoms in total. The highest BCUT2D eigenvalue weighted by atomic mass is 35.5. The summed E-state index contributed by atoms with van der Waals surface area (Å²) in [5, 5.41) is 12.5. The molecule has 0 aliphatic carbocycles. The Morgan fingerprint density at radius 1 is 1.40 bits per heavy atom. The number of carbonyl (C=O) groups is 2. The SMILES string of the molecule is Cc1sc(NC(=O)c2cc(Cl)ccn2)c(C(=O)O)c1C. The van der Waals surface area contributed by atoms with E-state index in [0.717, 1.165) is 4.88 Å². The van der Waals surface area contributed by atoms with Crippen LogP contribution in [0.4, 0.5) is 5.00 Å².